The zero-order chi connectivity index (χ0) is 18.8. The van der Waals surface area contributed by atoms with Gasteiger partial charge in [0.25, 0.3) is 0 Å². The molecule has 0 bridgehead atoms. The van der Waals surface area contributed by atoms with Gasteiger partial charge in [-0.15, -0.1) is 0 Å². The van der Waals surface area contributed by atoms with Gasteiger partial charge >= 0.3 is 0 Å². The van der Waals surface area contributed by atoms with Gasteiger partial charge in [-0.1, -0.05) is 6.07 Å². The summed E-state index contributed by atoms with van der Waals surface area (Å²) in [7, 11) is 7.09. The molecule has 0 aromatic heterocycles. The van der Waals surface area contributed by atoms with Crippen LogP contribution in [0, 0.1) is 11.3 Å². The summed E-state index contributed by atoms with van der Waals surface area (Å²) in [4.78, 5) is 1.98. The number of ether oxygens (including phenoxy) is 3. The lowest BCUT2D eigenvalue weighted by molar-refractivity contribution is 0.387. The lowest BCUT2D eigenvalue weighted by Gasteiger charge is -2.28. The summed E-state index contributed by atoms with van der Waals surface area (Å²) in [5.41, 5.74) is 9.13. The number of nitrogens with zero attached hydrogens (tertiary/aromatic N) is 2. The Balaban J connectivity index is 2.21. The zero-order valence-corrected chi connectivity index (χ0v) is 15.2. The van der Waals surface area contributed by atoms with Crippen LogP contribution in [0.5, 0.6) is 17.2 Å². The third kappa shape index (κ3) is 3.00. The van der Waals surface area contributed by atoms with E-state index in [0.29, 0.717) is 22.8 Å². The maximum absolute atomic E-state index is 9.68. The first-order valence-corrected chi connectivity index (χ1v) is 8.10. The van der Waals surface area contributed by atoms with Crippen molar-refractivity contribution in [1.29, 1.82) is 5.26 Å². The monoisotopic (exact) mass is 351 g/mol. The van der Waals surface area contributed by atoms with Crippen LogP contribution in [-0.2, 0) is 0 Å². The Kier molecular flexibility index (Phi) is 4.63. The number of nitrogens with two attached hydrogens (primary N) is 1. The summed E-state index contributed by atoms with van der Waals surface area (Å²) in [5.74, 6) is 1.69. The van der Waals surface area contributed by atoms with Crippen molar-refractivity contribution in [3.63, 3.8) is 0 Å². The van der Waals surface area contributed by atoms with Crippen LogP contribution in [-0.4, -0.2) is 28.3 Å². The molecule has 1 aliphatic heterocycles. The third-order valence-electron chi connectivity index (χ3n) is 4.43. The summed E-state index contributed by atoms with van der Waals surface area (Å²) >= 11 is 0. The second kappa shape index (κ2) is 6.89. The van der Waals surface area contributed by atoms with Gasteiger partial charge in [0.05, 0.1) is 20.1 Å². The Hall–Kier alpha value is -3.33. The van der Waals surface area contributed by atoms with Gasteiger partial charge in [-0.25, -0.2) is 0 Å². The molecule has 2 N–H and O–H groups in total. The van der Waals surface area contributed by atoms with Crippen LogP contribution >= 0.6 is 0 Å². The van der Waals surface area contributed by atoms with E-state index < -0.39 is 0 Å². The second-order valence-corrected chi connectivity index (χ2v) is 6.19. The molecular weight excluding hydrogens is 330 g/mol. The highest BCUT2D eigenvalue weighted by molar-refractivity contribution is 5.62. The fraction of sp³-hybridized carbons (Fsp3) is 0.250. The molecule has 2 aromatic rings. The Bertz CT molecular complexity index is 891. The van der Waals surface area contributed by atoms with Crippen molar-refractivity contribution in [3.8, 4) is 23.3 Å². The van der Waals surface area contributed by atoms with Gasteiger partial charge < -0.3 is 24.8 Å². The predicted octanol–water partition coefficient (Wildman–Crippen LogP) is 2.99. The van der Waals surface area contributed by atoms with Gasteiger partial charge in [-0.05, 0) is 23.8 Å². The van der Waals surface area contributed by atoms with Crippen molar-refractivity contribution in [2.45, 2.75) is 5.92 Å². The van der Waals surface area contributed by atoms with Gasteiger partial charge in [0.2, 0.25) is 5.88 Å². The van der Waals surface area contributed by atoms with E-state index in [1.54, 1.807) is 20.3 Å². The highest BCUT2D eigenvalue weighted by Crippen LogP contribution is 2.44. The molecule has 26 heavy (non-hydrogen) atoms. The molecule has 3 rings (SSSR count). The molecule has 134 valence electrons. The number of fused-ring (bicyclic) bond motifs is 1. The molecule has 1 atom stereocenters. The molecule has 0 fully saturated rings. The average molecular weight is 351 g/mol. The lowest BCUT2D eigenvalue weighted by Crippen LogP contribution is -2.21. The lowest BCUT2D eigenvalue weighted by atomic mass is 9.83. The topological polar surface area (TPSA) is 80.7 Å². The largest absolute Gasteiger partial charge is 0.497 e. The SMILES string of the molecule is COc1cc(OC)cc(C2C(C#N)=C(N)Oc3cc(N(C)C)ccc32)c1. The molecule has 0 amide bonds. The predicted molar refractivity (Wildman–Crippen MR) is 99.6 cm³/mol. The fourth-order valence-electron chi connectivity index (χ4n) is 3.06. The first-order chi connectivity index (χ1) is 12.5. The Morgan fingerprint density at radius 1 is 1.08 bits per heavy atom. The van der Waals surface area contributed by atoms with E-state index in [4.69, 9.17) is 19.9 Å². The number of anilines is 1. The van der Waals surface area contributed by atoms with Crippen LogP contribution < -0.4 is 24.8 Å². The zero-order valence-electron chi connectivity index (χ0n) is 15.2. The van der Waals surface area contributed by atoms with E-state index >= 15 is 0 Å². The van der Waals surface area contributed by atoms with Crippen LogP contribution in [0.4, 0.5) is 5.69 Å². The van der Waals surface area contributed by atoms with E-state index in [0.717, 1.165) is 16.8 Å². The minimum absolute atomic E-state index is 0.114. The minimum Gasteiger partial charge on any atom is -0.497 e. The van der Waals surface area contributed by atoms with Crippen molar-refractivity contribution in [2.24, 2.45) is 5.73 Å². The molecule has 0 radical (unpaired) electrons. The number of rotatable bonds is 4. The number of allylic oxidation sites excluding steroid dienone is 1. The van der Waals surface area contributed by atoms with Crippen LogP contribution in [0.2, 0.25) is 0 Å². The smallest absolute Gasteiger partial charge is 0.205 e. The molecule has 6 nitrogen and oxygen atoms in total. The van der Waals surface area contributed by atoms with Crippen molar-refractivity contribution in [3.05, 3.63) is 59.0 Å². The van der Waals surface area contributed by atoms with Gasteiger partial charge in [0, 0.05) is 37.5 Å². The van der Waals surface area contributed by atoms with E-state index in [1.807, 2.05) is 49.3 Å². The molecule has 1 unspecified atom stereocenters. The van der Waals surface area contributed by atoms with Crippen LogP contribution in [0.25, 0.3) is 0 Å². The first kappa shape index (κ1) is 17.5. The Labute approximate surface area is 153 Å². The standard InChI is InChI=1S/C20H21N3O3/c1-23(2)13-5-6-16-18(9-13)26-20(22)17(11-21)19(16)12-7-14(24-3)10-15(8-12)25-4/h5-10,19H,22H2,1-4H3. The van der Waals surface area contributed by atoms with Gasteiger partial charge in [0.15, 0.2) is 0 Å². The Morgan fingerprint density at radius 2 is 1.73 bits per heavy atom. The van der Waals surface area contributed by atoms with Crippen LogP contribution in [0.3, 0.4) is 0 Å². The molecule has 0 saturated heterocycles. The Morgan fingerprint density at radius 3 is 2.27 bits per heavy atom. The molecular formula is C20H21N3O3. The fourth-order valence-corrected chi connectivity index (χ4v) is 3.06. The van der Waals surface area contributed by atoms with Crippen molar-refractivity contribution in [2.75, 3.05) is 33.2 Å². The highest BCUT2D eigenvalue weighted by atomic mass is 16.5. The quantitative estimate of drug-likeness (QED) is 0.912. The average Bonchev–Trinajstić information content (AvgIpc) is 2.65. The third-order valence-corrected chi connectivity index (χ3v) is 4.43. The van der Waals surface area contributed by atoms with E-state index in [-0.39, 0.29) is 11.8 Å². The number of hydrogen-bond donors (Lipinski definition) is 1. The normalized spacial score (nSPS) is 15.6. The highest BCUT2D eigenvalue weighted by Gasteiger charge is 2.31. The van der Waals surface area contributed by atoms with Crippen molar-refractivity contribution in [1.82, 2.24) is 0 Å². The molecule has 0 aliphatic carbocycles. The summed E-state index contributed by atoms with van der Waals surface area (Å²) in [6.07, 6.45) is 0. The number of benzene rings is 2. The molecule has 1 aliphatic rings. The molecule has 1 heterocycles. The van der Waals surface area contributed by atoms with Gasteiger partial charge in [0.1, 0.15) is 28.9 Å². The number of nitriles is 1. The van der Waals surface area contributed by atoms with E-state index in [1.165, 1.54) is 0 Å². The minimum atomic E-state index is -0.357. The molecule has 0 spiro atoms. The molecule has 2 aromatic carbocycles. The van der Waals surface area contributed by atoms with Crippen LogP contribution in [0.1, 0.15) is 17.0 Å². The van der Waals surface area contributed by atoms with E-state index in [9.17, 15) is 5.26 Å². The summed E-state index contributed by atoms with van der Waals surface area (Å²) in [6, 6.07) is 13.6. The van der Waals surface area contributed by atoms with Gasteiger partial charge in [-0.2, -0.15) is 5.26 Å². The summed E-state index contributed by atoms with van der Waals surface area (Å²) in [6.45, 7) is 0. The molecule has 6 heteroatoms. The second-order valence-electron chi connectivity index (χ2n) is 6.19. The van der Waals surface area contributed by atoms with Gasteiger partial charge in [-0.3, -0.25) is 0 Å². The van der Waals surface area contributed by atoms with Crippen LogP contribution in [0.15, 0.2) is 47.9 Å². The molecule has 0 saturated carbocycles. The maximum Gasteiger partial charge on any atom is 0.205 e. The summed E-state index contributed by atoms with van der Waals surface area (Å²) < 4.78 is 16.5. The number of hydrogen-bond acceptors (Lipinski definition) is 6. The van der Waals surface area contributed by atoms with Crippen molar-refractivity contribution < 1.29 is 14.2 Å². The van der Waals surface area contributed by atoms with Crippen molar-refractivity contribution >= 4 is 5.69 Å². The summed E-state index contributed by atoms with van der Waals surface area (Å²) in [5, 5.41) is 9.68. The van der Waals surface area contributed by atoms with E-state index in [2.05, 4.69) is 6.07 Å². The number of methoxy groups -OCH3 is 2. The maximum atomic E-state index is 9.68. The first-order valence-electron chi connectivity index (χ1n) is 8.10.